The second-order valence-corrected chi connectivity index (χ2v) is 15.4. The highest BCUT2D eigenvalue weighted by molar-refractivity contribution is 6.02. The van der Waals surface area contributed by atoms with Gasteiger partial charge in [0.2, 0.25) is 12.0 Å². The van der Waals surface area contributed by atoms with Crippen molar-refractivity contribution in [2.75, 3.05) is 186 Å². The van der Waals surface area contributed by atoms with Crippen molar-refractivity contribution in [3.63, 3.8) is 0 Å². The molecule has 0 aromatic carbocycles. The van der Waals surface area contributed by atoms with Gasteiger partial charge in [0.25, 0.3) is 23.6 Å². The summed E-state index contributed by atoms with van der Waals surface area (Å²) in [6.07, 6.45) is 12.6. The molecule has 0 aliphatic carbocycles. The number of nitrogens with two attached hydrogens (primary N) is 4. The van der Waals surface area contributed by atoms with E-state index in [0.717, 1.165) is 72.4 Å². The number of methoxy groups -OCH3 is 9. The summed E-state index contributed by atoms with van der Waals surface area (Å²) in [5, 5.41) is 6.63. The van der Waals surface area contributed by atoms with Gasteiger partial charge in [-0.05, 0) is 54.6 Å². The molecule has 0 radical (unpaired) electrons. The van der Waals surface area contributed by atoms with Gasteiger partial charge in [-0.15, -0.1) is 5.06 Å². The predicted octanol–water partition coefficient (Wildman–Crippen LogP) is 2.18. The van der Waals surface area contributed by atoms with Crippen LogP contribution in [-0.4, -0.2) is 274 Å². The molecule has 2 aliphatic rings. The monoisotopic (exact) mass is 1330 g/mol. The highest BCUT2D eigenvalue weighted by atomic mass is 16.8. The molecule has 0 spiro atoms. The summed E-state index contributed by atoms with van der Waals surface area (Å²) in [5.41, 5.74) is 18.0. The molecule has 0 unspecified atom stereocenters. The maximum atomic E-state index is 10.8. The van der Waals surface area contributed by atoms with Crippen molar-refractivity contribution >= 4 is 78.0 Å². The van der Waals surface area contributed by atoms with E-state index < -0.39 is 35.8 Å². The standard InChI is InChI=1S/C7H14O2.C6H7NO5.C6H7NO4.C6H13NO2.C6H12O2.C5H13NO.2C5H11NO.C4H7NO2.C4H8O2.4CH5N/c1-3-7(8)5-4-6-9-2;1-11-6(10)12-7-4(8)2-3-5(7)9;1-4(8)11-7-5(9)2-3-6(7)10;1-3-6(8)7-4-5-9-2;1-3-6(7)4-5-8-2;3*1-6-4-3-5-7-2;1-7-3-2-5-4-6;1-6-4-2-3-5;4*1-2/h3-6H2,1-2H3;2-3H2,1H3;2-3H2,1H3;3-5H2,1-2H3,(H,7,8);3-5H2,1-2H3;6H,3-5H2,1-2H3;2*4H,3,5H2,1-2H3;2-3H2,1H3;3H,2,4H2,1H3;4*2H2,1H3. The highest BCUT2D eigenvalue weighted by Gasteiger charge is 2.33. The number of carbonyl (C=O) groups excluding carboxylic acids is 11. The van der Waals surface area contributed by atoms with Crippen LogP contribution in [0.25, 0.3) is 0 Å². The molecule has 0 bridgehead atoms. The van der Waals surface area contributed by atoms with Crippen LogP contribution in [0.1, 0.15) is 118 Å². The van der Waals surface area contributed by atoms with E-state index in [1.807, 2.05) is 40.2 Å². The molecule has 2 saturated heterocycles. The summed E-state index contributed by atoms with van der Waals surface area (Å²) in [6.45, 7) is 14.1. The van der Waals surface area contributed by atoms with E-state index >= 15 is 0 Å². The number of hydroxylamine groups is 4. The molecule has 2 fully saturated rings. The van der Waals surface area contributed by atoms with Gasteiger partial charge >= 0.3 is 12.1 Å². The minimum atomic E-state index is -1.07. The third-order valence-corrected chi connectivity index (χ3v) is 8.65. The van der Waals surface area contributed by atoms with E-state index in [-0.39, 0.29) is 37.4 Å². The van der Waals surface area contributed by atoms with Gasteiger partial charge in [0, 0.05) is 187 Å². The van der Waals surface area contributed by atoms with E-state index in [1.54, 1.807) is 71.0 Å². The van der Waals surface area contributed by atoms with E-state index in [1.165, 1.54) is 34.3 Å². The second-order valence-electron chi connectivity index (χ2n) is 15.4. The fourth-order valence-electron chi connectivity index (χ4n) is 4.30. The summed E-state index contributed by atoms with van der Waals surface area (Å²) >= 11 is 0. The Hall–Kier alpha value is -6.30. The van der Waals surface area contributed by atoms with Gasteiger partial charge in [-0.25, -0.2) is 19.4 Å². The summed E-state index contributed by atoms with van der Waals surface area (Å²) in [5.74, 6) is -1.94. The first-order valence-electron chi connectivity index (χ1n) is 28.9. The van der Waals surface area contributed by atoms with Gasteiger partial charge in [-0.2, -0.15) is 0 Å². The van der Waals surface area contributed by atoms with Crippen molar-refractivity contribution in [3.8, 4) is 0 Å². The lowest BCUT2D eigenvalue weighted by molar-refractivity contribution is -0.195. The molecule has 0 aromatic rings. The zero-order chi connectivity index (χ0) is 73.2. The normalized spacial score (nSPS) is 10.7. The van der Waals surface area contributed by atoms with E-state index in [4.69, 9.17) is 28.4 Å². The number of nitrogens with zero attached hydrogens (tertiary/aromatic N) is 5. The van der Waals surface area contributed by atoms with Crippen molar-refractivity contribution in [3.05, 3.63) is 0 Å². The zero-order valence-corrected chi connectivity index (χ0v) is 58.9. The third-order valence-electron chi connectivity index (χ3n) is 8.65. The van der Waals surface area contributed by atoms with Crippen molar-refractivity contribution in [2.24, 2.45) is 37.9 Å². The molecular formula is C58H123N11O22. The summed E-state index contributed by atoms with van der Waals surface area (Å²) in [6, 6.07) is 0. The van der Waals surface area contributed by atoms with Crippen molar-refractivity contribution in [1.82, 2.24) is 20.8 Å². The molecule has 2 aliphatic heterocycles. The average Bonchev–Trinajstić information content (AvgIpc) is 2.52. The Bertz CT molecular complexity index is 1630. The van der Waals surface area contributed by atoms with E-state index in [2.05, 4.69) is 72.4 Å². The number of ketones is 2. The molecule has 2 heterocycles. The number of imide groups is 2. The lowest BCUT2D eigenvalue weighted by Crippen LogP contribution is -2.31. The molecule has 33 heteroatoms. The number of hydrogen-bond donors (Lipinski definition) is 6. The number of Topliss-reactive ketones (excluding diaryl/α,β-unsaturated/α-hetero) is 2. The lowest BCUT2D eigenvalue weighted by Gasteiger charge is -2.10. The molecule has 5 amide bonds. The largest absolute Gasteiger partial charge is 0.533 e. The Morgan fingerprint density at radius 1 is 0.516 bits per heavy atom. The van der Waals surface area contributed by atoms with Crippen LogP contribution in [0, 0.1) is 0 Å². The third kappa shape index (κ3) is 118. The Morgan fingerprint density at radius 2 is 0.890 bits per heavy atom. The van der Waals surface area contributed by atoms with Gasteiger partial charge in [-0.1, -0.05) is 25.8 Å². The Labute approximate surface area is 543 Å². The predicted molar refractivity (Wildman–Crippen MR) is 351 cm³/mol. The van der Waals surface area contributed by atoms with Crippen LogP contribution >= 0.6 is 0 Å². The minimum absolute atomic E-state index is 0.0760. The molecular weight excluding hydrogens is 1200 g/mol. The van der Waals surface area contributed by atoms with Crippen molar-refractivity contribution in [1.29, 1.82) is 0 Å². The number of hydrogen-bond acceptors (Lipinski definition) is 30. The topological polar surface area (TPSA) is 461 Å². The molecule has 33 nitrogen and oxygen atoms in total. The number of aldehydes is 1. The van der Waals surface area contributed by atoms with E-state index in [0.29, 0.717) is 101 Å². The number of amides is 5. The minimum Gasteiger partial charge on any atom is -0.436 e. The van der Waals surface area contributed by atoms with E-state index in [9.17, 15) is 52.7 Å². The first-order chi connectivity index (χ1) is 43.8. The van der Waals surface area contributed by atoms with Crippen LogP contribution in [-0.2, 0) is 100 Å². The van der Waals surface area contributed by atoms with Crippen LogP contribution in [0.4, 0.5) is 4.79 Å². The van der Waals surface area contributed by atoms with Crippen molar-refractivity contribution in [2.45, 2.75) is 118 Å². The van der Waals surface area contributed by atoms with Crippen molar-refractivity contribution < 1.29 is 105 Å². The summed E-state index contributed by atoms with van der Waals surface area (Å²) < 4.78 is 41.7. The van der Waals surface area contributed by atoms with Crippen LogP contribution < -0.4 is 33.6 Å². The summed E-state index contributed by atoms with van der Waals surface area (Å²) in [4.78, 5) is 134. The first-order valence-corrected chi connectivity index (χ1v) is 28.9. The average molecular weight is 1330 g/mol. The highest BCUT2D eigenvalue weighted by Crippen LogP contribution is 2.13. The summed E-state index contributed by atoms with van der Waals surface area (Å²) in [7, 11) is 25.6. The quantitative estimate of drug-likeness (QED) is 0.0145. The molecule has 10 N–H and O–H groups in total. The number of aliphatic imine (C=N–C) groups is 3. The number of nitrogens with one attached hydrogen (secondary N) is 2. The first kappa shape index (κ1) is 112. The molecule has 542 valence electrons. The SMILES string of the molecule is CC(=O)ON1C(=O)CCC1=O.CCC(=O)CCCOC.CCC(=O)CCOC.CCC(=O)NCCOC.CN.CN.CN.CN.CN=CCCOC.CN=CCCOC.CNCCCOC.COC(=O)ON1C(=O)CCC1=O.COCCC=O.COCCN=C=O. The van der Waals surface area contributed by atoms with Crippen LogP contribution in [0.5, 0.6) is 0 Å². The molecule has 0 saturated carbocycles. The molecule has 0 aromatic heterocycles. The second kappa shape index (κ2) is 111. The van der Waals surface area contributed by atoms with Gasteiger partial charge in [0.05, 0.1) is 53.3 Å². The number of rotatable bonds is 31. The smallest absolute Gasteiger partial charge is 0.436 e. The number of ether oxygens (including phenoxy) is 9. The fraction of sp³-hybridized carbons (Fsp3) is 0.776. The number of isocyanates is 1. The Kier molecular flexibility index (Phi) is 137. The maximum Gasteiger partial charge on any atom is 0.533 e. The maximum absolute atomic E-state index is 10.8. The van der Waals surface area contributed by atoms with Crippen LogP contribution in [0.2, 0.25) is 0 Å². The van der Waals surface area contributed by atoms with Gasteiger partial charge in [0.1, 0.15) is 17.9 Å². The number of carbonyl (C=O) groups is 10. The Morgan fingerprint density at radius 3 is 1.20 bits per heavy atom. The molecule has 91 heavy (non-hydrogen) atoms. The zero-order valence-electron chi connectivity index (χ0n) is 58.9. The van der Waals surface area contributed by atoms with Crippen LogP contribution in [0.15, 0.2) is 15.0 Å². The molecule has 0 atom stereocenters. The molecule has 2 rings (SSSR count). The fourth-order valence-corrected chi connectivity index (χ4v) is 4.30. The van der Waals surface area contributed by atoms with Gasteiger partial charge in [-0.3, -0.25) is 38.4 Å². The van der Waals surface area contributed by atoms with Gasteiger partial charge < -0.3 is 95.8 Å². The van der Waals surface area contributed by atoms with Gasteiger partial charge in [0.15, 0.2) is 0 Å². The lowest BCUT2D eigenvalue weighted by atomic mass is 10.2. The van der Waals surface area contributed by atoms with Crippen LogP contribution in [0.3, 0.4) is 0 Å². The Balaban J connectivity index is -0.0000000757.